The summed E-state index contributed by atoms with van der Waals surface area (Å²) in [5.74, 6) is 1.18. The van der Waals surface area contributed by atoms with Crippen molar-refractivity contribution in [2.45, 2.75) is 38.6 Å². The highest BCUT2D eigenvalue weighted by Gasteiger charge is 2.28. The van der Waals surface area contributed by atoms with E-state index in [-0.39, 0.29) is 17.5 Å². The highest BCUT2D eigenvalue weighted by atomic mass is 32.2. The van der Waals surface area contributed by atoms with E-state index in [4.69, 9.17) is 4.74 Å². The Balaban J connectivity index is 1.57. The van der Waals surface area contributed by atoms with Crippen molar-refractivity contribution in [3.8, 4) is 0 Å². The molecular formula is C19H31N3O3S. The van der Waals surface area contributed by atoms with Crippen molar-refractivity contribution in [3.05, 3.63) is 35.9 Å². The number of hydrogen-bond donors (Lipinski definition) is 2. The molecule has 7 heteroatoms. The fourth-order valence-corrected chi connectivity index (χ4v) is 4.54. The standard InChI is InChI=1S/C19H31N3O3S/c1-2-20-19(22-18-11-15-26(23,24)16-18)21-12-6-7-13-25-14-10-17-8-4-3-5-9-17/h3-5,8-9,18H,2,6-7,10-16H2,1H3,(H2,20,21,22). The normalized spacial score (nSPS) is 19.4. The maximum absolute atomic E-state index is 11.5. The van der Waals surface area contributed by atoms with Crippen LogP contribution in [0.5, 0.6) is 0 Å². The molecule has 1 saturated heterocycles. The Morgan fingerprint density at radius 1 is 1.23 bits per heavy atom. The van der Waals surface area contributed by atoms with Crippen LogP contribution in [-0.4, -0.2) is 58.2 Å². The summed E-state index contributed by atoms with van der Waals surface area (Å²) in [6, 6.07) is 10.3. The minimum Gasteiger partial charge on any atom is -0.381 e. The van der Waals surface area contributed by atoms with Gasteiger partial charge in [-0.05, 0) is 38.2 Å². The molecule has 1 aliphatic rings. The lowest BCUT2D eigenvalue weighted by atomic mass is 10.2. The average Bonchev–Trinajstić information content (AvgIpc) is 2.96. The largest absolute Gasteiger partial charge is 0.381 e. The van der Waals surface area contributed by atoms with Gasteiger partial charge in [0.05, 0.1) is 18.1 Å². The van der Waals surface area contributed by atoms with Gasteiger partial charge in [0.15, 0.2) is 15.8 Å². The third-order valence-electron chi connectivity index (χ3n) is 4.26. The molecule has 26 heavy (non-hydrogen) atoms. The molecule has 0 amide bonds. The van der Waals surface area contributed by atoms with Gasteiger partial charge in [0.1, 0.15) is 0 Å². The van der Waals surface area contributed by atoms with Crippen molar-refractivity contribution in [1.82, 2.24) is 10.6 Å². The van der Waals surface area contributed by atoms with Gasteiger partial charge in [0.2, 0.25) is 0 Å². The van der Waals surface area contributed by atoms with Crippen molar-refractivity contribution in [1.29, 1.82) is 0 Å². The molecule has 1 atom stereocenters. The van der Waals surface area contributed by atoms with Crippen LogP contribution in [0.2, 0.25) is 0 Å². The molecular weight excluding hydrogens is 350 g/mol. The Bertz CT molecular complexity index is 647. The van der Waals surface area contributed by atoms with E-state index in [0.29, 0.717) is 18.9 Å². The first kappa shape index (κ1) is 20.7. The minimum absolute atomic E-state index is 0.0286. The summed E-state index contributed by atoms with van der Waals surface area (Å²) in [6.45, 7) is 4.95. The van der Waals surface area contributed by atoms with E-state index < -0.39 is 9.84 Å². The van der Waals surface area contributed by atoms with E-state index in [1.54, 1.807) is 0 Å². The van der Waals surface area contributed by atoms with Crippen LogP contribution in [0.15, 0.2) is 35.3 Å². The van der Waals surface area contributed by atoms with Gasteiger partial charge in [0.25, 0.3) is 0 Å². The average molecular weight is 382 g/mol. The van der Waals surface area contributed by atoms with Gasteiger partial charge >= 0.3 is 0 Å². The van der Waals surface area contributed by atoms with Gasteiger partial charge in [-0.25, -0.2) is 8.42 Å². The van der Waals surface area contributed by atoms with Gasteiger partial charge in [0, 0.05) is 25.7 Å². The predicted octanol–water partition coefficient (Wildman–Crippen LogP) is 1.77. The zero-order chi connectivity index (χ0) is 18.7. The van der Waals surface area contributed by atoms with Crippen LogP contribution in [-0.2, 0) is 21.0 Å². The number of benzene rings is 1. The summed E-state index contributed by atoms with van der Waals surface area (Å²) in [5.41, 5.74) is 1.30. The highest BCUT2D eigenvalue weighted by molar-refractivity contribution is 7.91. The number of nitrogens with one attached hydrogen (secondary N) is 2. The van der Waals surface area contributed by atoms with Crippen LogP contribution in [0.3, 0.4) is 0 Å². The van der Waals surface area contributed by atoms with Crippen molar-refractivity contribution in [2.75, 3.05) is 37.8 Å². The van der Waals surface area contributed by atoms with E-state index in [9.17, 15) is 8.42 Å². The fraction of sp³-hybridized carbons (Fsp3) is 0.632. The number of unbranched alkanes of at least 4 members (excludes halogenated alkanes) is 1. The molecule has 2 N–H and O–H groups in total. The Hall–Kier alpha value is -1.60. The summed E-state index contributed by atoms with van der Waals surface area (Å²) in [5, 5.41) is 6.41. The Morgan fingerprint density at radius 2 is 2.04 bits per heavy atom. The van der Waals surface area contributed by atoms with Gasteiger partial charge in [-0.3, -0.25) is 4.99 Å². The van der Waals surface area contributed by atoms with Crippen LogP contribution >= 0.6 is 0 Å². The first-order valence-electron chi connectivity index (χ1n) is 9.46. The molecule has 1 aromatic carbocycles. The number of aliphatic imine (C=N–C) groups is 1. The Labute approximate surface area is 157 Å². The van der Waals surface area contributed by atoms with E-state index >= 15 is 0 Å². The topological polar surface area (TPSA) is 79.8 Å². The van der Waals surface area contributed by atoms with Crippen LogP contribution in [0.4, 0.5) is 0 Å². The third-order valence-corrected chi connectivity index (χ3v) is 6.03. The Kier molecular flexibility index (Phi) is 8.91. The molecule has 1 aliphatic heterocycles. The van der Waals surface area contributed by atoms with Gasteiger partial charge in [-0.1, -0.05) is 30.3 Å². The van der Waals surface area contributed by atoms with Crippen molar-refractivity contribution < 1.29 is 13.2 Å². The molecule has 0 aromatic heterocycles. The van der Waals surface area contributed by atoms with E-state index in [0.717, 1.165) is 39.0 Å². The summed E-state index contributed by atoms with van der Waals surface area (Å²) in [7, 11) is -2.88. The van der Waals surface area contributed by atoms with Crippen molar-refractivity contribution >= 4 is 15.8 Å². The summed E-state index contributed by atoms with van der Waals surface area (Å²) >= 11 is 0. The van der Waals surface area contributed by atoms with Crippen LogP contribution < -0.4 is 10.6 Å². The molecule has 2 rings (SSSR count). The fourth-order valence-electron chi connectivity index (χ4n) is 2.87. The quantitative estimate of drug-likeness (QED) is 0.367. The highest BCUT2D eigenvalue weighted by Crippen LogP contribution is 2.11. The lowest BCUT2D eigenvalue weighted by Gasteiger charge is -2.15. The molecule has 1 aromatic rings. The van der Waals surface area contributed by atoms with E-state index in [1.807, 2.05) is 25.1 Å². The predicted molar refractivity (Wildman–Crippen MR) is 106 cm³/mol. The third kappa shape index (κ3) is 8.19. The maximum Gasteiger partial charge on any atom is 0.191 e. The molecule has 1 unspecified atom stereocenters. The minimum atomic E-state index is -2.88. The van der Waals surface area contributed by atoms with E-state index in [2.05, 4.69) is 27.8 Å². The summed E-state index contributed by atoms with van der Waals surface area (Å²) in [6.07, 6.45) is 3.51. The molecule has 0 aliphatic carbocycles. The molecule has 0 radical (unpaired) electrons. The number of hydrogen-bond acceptors (Lipinski definition) is 4. The van der Waals surface area contributed by atoms with Crippen LogP contribution in [0, 0.1) is 0 Å². The number of nitrogens with zero attached hydrogens (tertiary/aromatic N) is 1. The van der Waals surface area contributed by atoms with Gasteiger partial charge < -0.3 is 15.4 Å². The lowest BCUT2D eigenvalue weighted by molar-refractivity contribution is 0.134. The van der Waals surface area contributed by atoms with Crippen molar-refractivity contribution in [2.24, 2.45) is 4.99 Å². The lowest BCUT2D eigenvalue weighted by Crippen LogP contribution is -2.44. The molecule has 0 saturated carbocycles. The maximum atomic E-state index is 11.5. The summed E-state index contributed by atoms with van der Waals surface area (Å²) in [4.78, 5) is 4.53. The monoisotopic (exact) mass is 381 g/mol. The first-order valence-corrected chi connectivity index (χ1v) is 11.3. The molecule has 146 valence electrons. The molecule has 0 bridgehead atoms. The second-order valence-corrected chi connectivity index (χ2v) is 8.79. The second-order valence-electron chi connectivity index (χ2n) is 6.56. The number of guanidine groups is 1. The van der Waals surface area contributed by atoms with E-state index in [1.165, 1.54) is 5.56 Å². The van der Waals surface area contributed by atoms with Gasteiger partial charge in [-0.2, -0.15) is 0 Å². The number of ether oxygens (including phenoxy) is 1. The van der Waals surface area contributed by atoms with Crippen LogP contribution in [0.1, 0.15) is 31.7 Å². The smallest absolute Gasteiger partial charge is 0.191 e. The SMILES string of the molecule is CCNC(=NCCCCOCCc1ccccc1)NC1CCS(=O)(=O)C1. The molecule has 0 spiro atoms. The first-order chi connectivity index (χ1) is 12.6. The molecule has 1 heterocycles. The molecule has 6 nitrogen and oxygen atoms in total. The van der Waals surface area contributed by atoms with Gasteiger partial charge in [-0.15, -0.1) is 0 Å². The zero-order valence-corrected chi connectivity index (χ0v) is 16.4. The second kappa shape index (κ2) is 11.2. The van der Waals surface area contributed by atoms with Crippen molar-refractivity contribution in [3.63, 3.8) is 0 Å². The summed E-state index contributed by atoms with van der Waals surface area (Å²) < 4.78 is 28.8. The Morgan fingerprint density at radius 3 is 2.73 bits per heavy atom. The number of sulfone groups is 1. The number of rotatable bonds is 10. The van der Waals surface area contributed by atoms with Crippen LogP contribution in [0.25, 0.3) is 0 Å². The molecule has 1 fully saturated rings. The zero-order valence-electron chi connectivity index (χ0n) is 15.6.